The lowest BCUT2D eigenvalue weighted by molar-refractivity contribution is -0.141. The third-order valence-corrected chi connectivity index (χ3v) is 3.69. The summed E-state index contributed by atoms with van der Waals surface area (Å²) in [5.41, 5.74) is -0.978. The molecule has 0 bridgehead atoms. The van der Waals surface area contributed by atoms with Gasteiger partial charge in [-0.25, -0.2) is 9.97 Å². The van der Waals surface area contributed by atoms with Crippen LogP contribution < -0.4 is 4.90 Å². The summed E-state index contributed by atoms with van der Waals surface area (Å²) in [4.78, 5) is 9.20. The molecule has 1 atom stereocenters. The van der Waals surface area contributed by atoms with Crippen LogP contribution in [0.25, 0.3) is 0 Å². The Kier molecular flexibility index (Phi) is 4.73. The van der Waals surface area contributed by atoms with Crippen molar-refractivity contribution in [3.63, 3.8) is 0 Å². The van der Waals surface area contributed by atoms with Gasteiger partial charge in [0.05, 0.1) is 0 Å². The Morgan fingerprint density at radius 1 is 1.35 bits per heavy atom. The second-order valence-corrected chi connectivity index (χ2v) is 5.35. The Balaban J connectivity index is 2.32. The SMILES string of the molecule is CCCC1CCCCN1c1cc(C(F)(F)F)nc(Cl)n1. The highest BCUT2D eigenvalue weighted by molar-refractivity contribution is 6.28. The number of halogens is 4. The lowest BCUT2D eigenvalue weighted by atomic mass is 9.98. The molecule has 1 unspecified atom stereocenters. The van der Waals surface area contributed by atoms with E-state index in [2.05, 4.69) is 16.9 Å². The van der Waals surface area contributed by atoms with Crippen LogP contribution >= 0.6 is 11.6 Å². The zero-order valence-corrected chi connectivity index (χ0v) is 12.0. The highest BCUT2D eigenvalue weighted by Crippen LogP contribution is 2.33. The summed E-state index contributed by atoms with van der Waals surface area (Å²) in [7, 11) is 0. The van der Waals surface area contributed by atoms with Crippen molar-refractivity contribution in [1.82, 2.24) is 9.97 Å². The van der Waals surface area contributed by atoms with E-state index >= 15 is 0 Å². The van der Waals surface area contributed by atoms with E-state index in [0.29, 0.717) is 0 Å². The second kappa shape index (κ2) is 6.16. The maximum Gasteiger partial charge on any atom is 0.433 e. The monoisotopic (exact) mass is 307 g/mol. The van der Waals surface area contributed by atoms with Crippen LogP contribution in [0.15, 0.2) is 6.07 Å². The van der Waals surface area contributed by atoms with Gasteiger partial charge >= 0.3 is 6.18 Å². The first kappa shape index (κ1) is 15.4. The molecule has 0 N–H and O–H groups in total. The van der Waals surface area contributed by atoms with Crippen molar-refractivity contribution in [1.29, 1.82) is 0 Å². The highest BCUT2D eigenvalue weighted by Gasteiger charge is 2.35. The van der Waals surface area contributed by atoms with Crippen molar-refractivity contribution in [2.45, 2.75) is 51.2 Å². The quantitative estimate of drug-likeness (QED) is 0.779. The van der Waals surface area contributed by atoms with Crippen LogP contribution in [-0.4, -0.2) is 22.6 Å². The molecule has 7 heteroatoms. The standard InChI is InChI=1S/C13H17ClF3N3/c1-2-5-9-6-3-4-7-20(9)11-8-10(13(15,16)17)18-12(14)19-11/h8-9H,2-7H2,1H3. The molecule has 20 heavy (non-hydrogen) atoms. The van der Waals surface area contributed by atoms with E-state index in [1.165, 1.54) is 0 Å². The van der Waals surface area contributed by atoms with E-state index in [4.69, 9.17) is 11.6 Å². The summed E-state index contributed by atoms with van der Waals surface area (Å²) in [5, 5.41) is -0.351. The number of anilines is 1. The minimum atomic E-state index is -4.50. The van der Waals surface area contributed by atoms with Gasteiger partial charge in [-0.2, -0.15) is 13.2 Å². The maximum atomic E-state index is 12.8. The number of hydrogen-bond acceptors (Lipinski definition) is 3. The van der Waals surface area contributed by atoms with Gasteiger partial charge in [0.15, 0.2) is 5.69 Å². The van der Waals surface area contributed by atoms with Crippen molar-refractivity contribution in [3.8, 4) is 0 Å². The fraction of sp³-hybridized carbons (Fsp3) is 0.692. The third kappa shape index (κ3) is 3.53. The molecule has 1 aliphatic heterocycles. The number of hydrogen-bond donors (Lipinski definition) is 0. The Morgan fingerprint density at radius 2 is 2.10 bits per heavy atom. The molecule has 1 aromatic rings. The van der Waals surface area contributed by atoms with Gasteiger partial charge in [0.2, 0.25) is 5.28 Å². The number of piperidine rings is 1. The molecular weight excluding hydrogens is 291 g/mol. The van der Waals surface area contributed by atoms with E-state index in [1.54, 1.807) is 0 Å². The predicted molar refractivity (Wildman–Crippen MR) is 71.9 cm³/mol. The summed E-state index contributed by atoms with van der Waals surface area (Å²) >= 11 is 5.65. The fourth-order valence-corrected chi connectivity index (χ4v) is 2.81. The molecule has 1 aliphatic rings. The Bertz CT molecular complexity index is 463. The van der Waals surface area contributed by atoms with Crippen molar-refractivity contribution in [3.05, 3.63) is 17.0 Å². The van der Waals surface area contributed by atoms with E-state index in [9.17, 15) is 13.2 Å². The zero-order chi connectivity index (χ0) is 14.8. The third-order valence-electron chi connectivity index (χ3n) is 3.52. The van der Waals surface area contributed by atoms with Gasteiger partial charge < -0.3 is 4.90 Å². The summed E-state index contributed by atoms with van der Waals surface area (Å²) in [6.07, 6.45) is 0.485. The maximum absolute atomic E-state index is 12.8. The fourth-order valence-electron chi connectivity index (χ4n) is 2.63. The van der Waals surface area contributed by atoms with Gasteiger partial charge in [-0.05, 0) is 37.3 Å². The van der Waals surface area contributed by atoms with E-state index in [-0.39, 0.29) is 17.1 Å². The lowest BCUT2D eigenvalue weighted by Gasteiger charge is -2.36. The molecule has 0 spiro atoms. The molecule has 1 aromatic heterocycles. The average Bonchev–Trinajstić information content (AvgIpc) is 2.38. The summed E-state index contributed by atoms with van der Waals surface area (Å²) in [6, 6.07) is 1.24. The van der Waals surface area contributed by atoms with Gasteiger partial charge in [0.1, 0.15) is 5.82 Å². The predicted octanol–water partition coefficient (Wildman–Crippen LogP) is 4.31. The number of nitrogens with zero attached hydrogens (tertiary/aromatic N) is 3. The van der Waals surface area contributed by atoms with Crippen LogP contribution in [0, 0.1) is 0 Å². The van der Waals surface area contributed by atoms with Gasteiger partial charge in [-0.3, -0.25) is 0 Å². The van der Waals surface area contributed by atoms with Crippen LogP contribution in [0.2, 0.25) is 5.28 Å². The van der Waals surface area contributed by atoms with Crippen molar-refractivity contribution in [2.75, 3.05) is 11.4 Å². The Labute approximate surface area is 121 Å². The summed E-state index contributed by atoms with van der Waals surface area (Å²) in [6.45, 7) is 2.79. The molecule has 0 amide bonds. The highest BCUT2D eigenvalue weighted by atomic mass is 35.5. The van der Waals surface area contributed by atoms with Gasteiger partial charge in [0.25, 0.3) is 0 Å². The molecule has 0 radical (unpaired) electrons. The molecule has 3 nitrogen and oxygen atoms in total. The summed E-state index contributed by atoms with van der Waals surface area (Å²) < 4.78 is 38.4. The van der Waals surface area contributed by atoms with Crippen molar-refractivity contribution < 1.29 is 13.2 Å². The summed E-state index contributed by atoms with van der Waals surface area (Å²) in [5.74, 6) is 0.287. The first-order valence-corrected chi connectivity index (χ1v) is 7.18. The molecule has 112 valence electrons. The molecule has 1 saturated heterocycles. The smallest absolute Gasteiger partial charge is 0.353 e. The van der Waals surface area contributed by atoms with Crippen LogP contribution in [-0.2, 0) is 6.18 Å². The van der Waals surface area contributed by atoms with Crippen LogP contribution in [0.1, 0.15) is 44.7 Å². The molecule has 2 heterocycles. The first-order valence-electron chi connectivity index (χ1n) is 6.80. The molecule has 1 fully saturated rings. The average molecular weight is 308 g/mol. The molecular formula is C13H17ClF3N3. The second-order valence-electron chi connectivity index (χ2n) is 5.01. The zero-order valence-electron chi connectivity index (χ0n) is 11.3. The largest absolute Gasteiger partial charge is 0.433 e. The van der Waals surface area contributed by atoms with Crippen molar-refractivity contribution >= 4 is 17.4 Å². The van der Waals surface area contributed by atoms with Crippen LogP contribution in [0.5, 0.6) is 0 Å². The van der Waals surface area contributed by atoms with E-state index < -0.39 is 11.9 Å². The number of aromatic nitrogens is 2. The number of alkyl halides is 3. The normalized spacial score (nSPS) is 20.2. The van der Waals surface area contributed by atoms with Crippen LogP contribution in [0.4, 0.5) is 19.0 Å². The molecule has 0 aliphatic carbocycles. The molecule has 0 saturated carbocycles. The topological polar surface area (TPSA) is 29.0 Å². The van der Waals surface area contributed by atoms with Gasteiger partial charge in [-0.15, -0.1) is 0 Å². The van der Waals surface area contributed by atoms with E-state index in [1.807, 2.05) is 4.90 Å². The minimum absolute atomic E-state index is 0.237. The minimum Gasteiger partial charge on any atom is -0.353 e. The lowest BCUT2D eigenvalue weighted by Crippen LogP contribution is -2.40. The molecule has 2 rings (SSSR count). The number of rotatable bonds is 3. The van der Waals surface area contributed by atoms with Crippen LogP contribution in [0.3, 0.4) is 0 Å². The van der Waals surface area contributed by atoms with Gasteiger partial charge in [0, 0.05) is 18.7 Å². The van der Waals surface area contributed by atoms with E-state index in [0.717, 1.165) is 44.7 Å². The molecule has 0 aromatic carbocycles. The van der Waals surface area contributed by atoms with Crippen molar-refractivity contribution in [2.24, 2.45) is 0 Å². The Hall–Kier alpha value is -1.04. The van der Waals surface area contributed by atoms with Gasteiger partial charge in [-0.1, -0.05) is 13.3 Å². The Morgan fingerprint density at radius 3 is 2.75 bits per heavy atom. The first-order chi connectivity index (χ1) is 9.41.